The van der Waals surface area contributed by atoms with E-state index >= 15 is 0 Å². The summed E-state index contributed by atoms with van der Waals surface area (Å²) in [5.74, 6) is -0.519. The van der Waals surface area contributed by atoms with E-state index in [2.05, 4.69) is 10.4 Å². The van der Waals surface area contributed by atoms with Gasteiger partial charge in [0, 0.05) is 11.6 Å². The highest BCUT2D eigenvalue weighted by atomic mass is 35.5. The number of aromatic nitrogens is 2. The van der Waals surface area contributed by atoms with E-state index in [4.69, 9.17) is 11.6 Å². The van der Waals surface area contributed by atoms with Gasteiger partial charge in [-0.25, -0.2) is 0 Å². The number of carbonyl (C=O) groups excluding carboxylic acids is 1. The highest BCUT2D eigenvalue weighted by Crippen LogP contribution is 2.47. The molecule has 8 heteroatoms. The van der Waals surface area contributed by atoms with Crippen LogP contribution in [0.4, 0.5) is 18.9 Å². The summed E-state index contributed by atoms with van der Waals surface area (Å²) in [4.78, 5) is 12.5. The fourth-order valence-corrected chi connectivity index (χ4v) is 3.19. The van der Waals surface area contributed by atoms with Gasteiger partial charge < -0.3 is 5.32 Å². The smallest absolute Gasteiger partial charge is 0.324 e. The van der Waals surface area contributed by atoms with Gasteiger partial charge in [-0.3, -0.25) is 9.48 Å². The Balaban J connectivity index is 1.86. The maximum atomic E-state index is 13.1. The van der Waals surface area contributed by atoms with Gasteiger partial charge in [-0.1, -0.05) is 30.7 Å². The summed E-state index contributed by atoms with van der Waals surface area (Å²) in [6, 6.07) is 6.40. The van der Waals surface area contributed by atoms with Gasteiger partial charge in [-0.15, -0.1) is 0 Å². The summed E-state index contributed by atoms with van der Waals surface area (Å²) >= 11 is 5.96. The van der Waals surface area contributed by atoms with E-state index in [0.29, 0.717) is 11.4 Å². The van der Waals surface area contributed by atoms with E-state index in [1.165, 1.54) is 6.92 Å². The van der Waals surface area contributed by atoms with Crippen molar-refractivity contribution in [1.29, 1.82) is 0 Å². The molecule has 1 aromatic carbocycles. The zero-order valence-corrected chi connectivity index (χ0v) is 15.2. The lowest BCUT2D eigenvalue weighted by Gasteiger charge is -2.16. The molecule has 0 aliphatic heterocycles. The fraction of sp³-hybridized carbons (Fsp3) is 0.444. The number of hydrogen-bond acceptors (Lipinski definition) is 2. The van der Waals surface area contributed by atoms with E-state index in [-0.39, 0.29) is 5.92 Å². The molecule has 1 aliphatic carbocycles. The molecule has 0 saturated heterocycles. The zero-order valence-electron chi connectivity index (χ0n) is 14.4. The Morgan fingerprint density at radius 1 is 1.35 bits per heavy atom. The minimum atomic E-state index is -4.65. The molecule has 1 fully saturated rings. The van der Waals surface area contributed by atoms with Gasteiger partial charge in [0.15, 0.2) is 5.69 Å². The van der Waals surface area contributed by atoms with E-state index in [1.54, 1.807) is 12.1 Å². The average molecular weight is 386 g/mol. The molecule has 1 unspecified atom stereocenters. The highest BCUT2D eigenvalue weighted by Gasteiger charge is 2.43. The second-order valence-electron chi connectivity index (χ2n) is 6.48. The van der Waals surface area contributed by atoms with Crippen molar-refractivity contribution in [2.45, 2.75) is 51.2 Å². The van der Waals surface area contributed by atoms with Crippen LogP contribution >= 0.6 is 11.6 Å². The minimum Gasteiger partial charge on any atom is -0.324 e. The highest BCUT2D eigenvalue weighted by molar-refractivity contribution is 6.32. The van der Waals surface area contributed by atoms with E-state index in [1.807, 2.05) is 19.1 Å². The van der Waals surface area contributed by atoms with Crippen molar-refractivity contribution in [3.8, 4) is 0 Å². The second kappa shape index (κ2) is 6.95. The summed E-state index contributed by atoms with van der Waals surface area (Å²) in [7, 11) is 0. The Hall–Kier alpha value is -2.02. The third-order valence-electron chi connectivity index (χ3n) is 4.50. The van der Waals surface area contributed by atoms with Crippen molar-refractivity contribution in [1.82, 2.24) is 9.78 Å². The Labute approximate surface area is 154 Å². The first-order valence-corrected chi connectivity index (χ1v) is 8.85. The summed E-state index contributed by atoms with van der Waals surface area (Å²) in [5, 5.41) is 5.96. The molecule has 1 heterocycles. The number of benzene rings is 1. The number of alkyl halides is 3. The van der Waals surface area contributed by atoms with Crippen molar-refractivity contribution in [3.05, 3.63) is 46.2 Å². The van der Waals surface area contributed by atoms with Gasteiger partial charge in [-0.05, 0) is 43.9 Å². The van der Waals surface area contributed by atoms with Crippen LogP contribution in [-0.4, -0.2) is 15.7 Å². The van der Waals surface area contributed by atoms with Gasteiger partial charge in [0.1, 0.15) is 6.04 Å². The second-order valence-corrected chi connectivity index (χ2v) is 6.86. The maximum Gasteiger partial charge on any atom is 0.436 e. The Morgan fingerprint density at radius 2 is 1.96 bits per heavy atom. The van der Waals surface area contributed by atoms with Crippen LogP contribution in [0.1, 0.15) is 55.6 Å². The van der Waals surface area contributed by atoms with Gasteiger partial charge in [0.05, 0.1) is 10.7 Å². The molecule has 140 valence electrons. The molecule has 0 radical (unpaired) electrons. The molecule has 0 spiro atoms. The Morgan fingerprint density at radius 3 is 2.46 bits per heavy atom. The first kappa shape index (κ1) is 18.8. The van der Waals surface area contributed by atoms with Crippen LogP contribution < -0.4 is 5.32 Å². The predicted octanol–water partition coefficient (Wildman–Crippen LogP) is 5.19. The summed E-state index contributed by atoms with van der Waals surface area (Å²) in [6.07, 6.45) is -2.29. The Bertz CT molecular complexity index is 810. The van der Waals surface area contributed by atoms with Crippen LogP contribution in [0.2, 0.25) is 5.02 Å². The fourth-order valence-electron chi connectivity index (χ4n) is 2.81. The molecule has 2 aromatic rings. The van der Waals surface area contributed by atoms with Crippen molar-refractivity contribution in [2.24, 2.45) is 0 Å². The standard InChI is InChI=1S/C18H19ClF3N3O/c1-3-11-4-8-13(9-5-11)23-17(26)10(2)25-15(12-6-7-12)14(19)16(24-25)18(20,21)22/h4-5,8-10,12H,3,6-7H2,1-2H3,(H,23,26). The summed E-state index contributed by atoms with van der Waals surface area (Å²) < 4.78 is 40.6. The quantitative estimate of drug-likeness (QED) is 0.769. The molecular weight excluding hydrogens is 367 g/mol. The zero-order chi connectivity index (χ0) is 19.1. The van der Waals surface area contributed by atoms with Crippen LogP contribution in [0.3, 0.4) is 0 Å². The maximum absolute atomic E-state index is 13.1. The number of hydrogen-bond donors (Lipinski definition) is 1. The largest absolute Gasteiger partial charge is 0.436 e. The lowest BCUT2D eigenvalue weighted by Crippen LogP contribution is -2.26. The molecule has 1 aromatic heterocycles. The number of nitrogens with zero attached hydrogens (tertiary/aromatic N) is 2. The van der Waals surface area contributed by atoms with Gasteiger partial charge in [0.2, 0.25) is 5.91 Å². The van der Waals surface area contributed by atoms with Gasteiger partial charge >= 0.3 is 6.18 Å². The van der Waals surface area contributed by atoms with Crippen LogP contribution in [0.15, 0.2) is 24.3 Å². The van der Waals surface area contributed by atoms with Crippen LogP contribution in [-0.2, 0) is 17.4 Å². The number of aryl methyl sites for hydroxylation is 1. The van der Waals surface area contributed by atoms with Crippen LogP contribution in [0.5, 0.6) is 0 Å². The summed E-state index contributed by atoms with van der Waals surface area (Å²) in [6.45, 7) is 3.54. The first-order chi connectivity index (χ1) is 12.2. The third-order valence-corrected chi connectivity index (χ3v) is 4.87. The van der Waals surface area contributed by atoms with Crippen molar-refractivity contribution in [2.75, 3.05) is 5.32 Å². The first-order valence-electron chi connectivity index (χ1n) is 8.47. The lowest BCUT2D eigenvalue weighted by atomic mass is 10.1. The number of rotatable bonds is 5. The molecule has 1 atom stereocenters. The number of carbonyl (C=O) groups is 1. The van der Waals surface area contributed by atoms with E-state index in [9.17, 15) is 18.0 Å². The average Bonchev–Trinajstić information content (AvgIpc) is 3.36. The van der Waals surface area contributed by atoms with Crippen molar-refractivity contribution >= 4 is 23.2 Å². The normalized spacial score (nSPS) is 15.8. The molecule has 1 aliphatic rings. The molecule has 3 rings (SSSR count). The molecule has 4 nitrogen and oxygen atoms in total. The predicted molar refractivity (Wildman–Crippen MR) is 93.4 cm³/mol. The number of nitrogens with one attached hydrogen (secondary N) is 1. The van der Waals surface area contributed by atoms with E-state index in [0.717, 1.165) is 29.5 Å². The SMILES string of the molecule is CCc1ccc(NC(=O)C(C)n2nc(C(F)(F)F)c(Cl)c2C2CC2)cc1. The Kier molecular flexibility index (Phi) is 5.01. The summed E-state index contributed by atoms with van der Waals surface area (Å²) in [5.41, 5.74) is 0.873. The van der Waals surface area contributed by atoms with Gasteiger partial charge in [0.25, 0.3) is 0 Å². The van der Waals surface area contributed by atoms with Crippen LogP contribution in [0, 0.1) is 0 Å². The molecule has 1 amide bonds. The molecular formula is C18H19ClF3N3O. The number of anilines is 1. The lowest BCUT2D eigenvalue weighted by molar-refractivity contribution is -0.141. The van der Waals surface area contributed by atoms with Crippen LogP contribution in [0.25, 0.3) is 0 Å². The monoisotopic (exact) mass is 385 g/mol. The van der Waals surface area contributed by atoms with E-state index < -0.39 is 28.8 Å². The number of amides is 1. The molecule has 0 bridgehead atoms. The minimum absolute atomic E-state index is 0.0785. The molecule has 26 heavy (non-hydrogen) atoms. The van der Waals surface area contributed by atoms with Crippen molar-refractivity contribution < 1.29 is 18.0 Å². The van der Waals surface area contributed by atoms with Gasteiger partial charge in [-0.2, -0.15) is 18.3 Å². The molecule has 1 N–H and O–H groups in total. The van der Waals surface area contributed by atoms with Crippen molar-refractivity contribution in [3.63, 3.8) is 0 Å². The topological polar surface area (TPSA) is 46.9 Å². The third kappa shape index (κ3) is 3.72. The number of halogens is 4. The molecule has 1 saturated carbocycles.